The van der Waals surface area contributed by atoms with Crippen molar-refractivity contribution in [2.75, 3.05) is 43.5 Å². The molecule has 0 amide bonds. The summed E-state index contributed by atoms with van der Waals surface area (Å²) in [6.07, 6.45) is 3.00. The zero-order chi connectivity index (χ0) is 21.3. The highest BCUT2D eigenvalue weighted by atomic mass is 32.1. The zero-order valence-electron chi connectivity index (χ0n) is 17.3. The number of phenols is 1. The molecule has 2 aromatic rings. The molecule has 1 aliphatic carbocycles. The predicted molar refractivity (Wildman–Crippen MR) is 125 cm³/mol. The summed E-state index contributed by atoms with van der Waals surface area (Å²) in [4.78, 5) is 18.1. The van der Waals surface area contributed by atoms with Crippen LogP contribution in [-0.4, -0.2) is 54.4 Å². The Bertz CT molecular complexity index is 951. The summed E-state index contributed by atoms with van der Waals surface area (Å²) in [5.41, 5.74) is 2.80. The number of anilines is 2. The van der Waals surface area contributed by atoms with E-state index in [9.17, 15) is 9.90 Å². The molecule has 1 aliphatic heterocycles. The average molecular weight is 446 g/mol. The van der Waals surface area contributed by atoms with E-state index in [1.54, 1.807) is 23.5 Å². The molecule has 2 N–H and O–H groups in total. The van der Waals surface area contributed by atoms with E-state index in [-0.39, 0.29) is 11.7 Å². The van der Waals surface area contributed by atoms with Crippen LogP contribution in [0.2, 0.25) is 0 Å². The number of rotatable bonds is 3. The van der Waals surface area contributed by atoms with E-state index in [1.807, 2.05) is 12.1 Å². The van der Waals surface area contributed by atoms with Gasteiger partial charge in [-0.15, -0.1) is 11.3 Å². The van der Waals surface area contributed by atoms with Crippen molar-refractivity contribution in [3.63, 3.8) is 0 Å². The van der Waals surface area contributed by atoms with Gasteiger partial charge in [0.2, 0.25) is 0 Å². The second-order valence-corrected chi connectivity index (χ2v) is 9.46. The first kappa shape index (κ1) is 20.9. The molecular weight excluding hydrogens is 418 g/mol. The standard InChI is InChI=1S/C22H27N3O3S2/c1-14-6-7-17-18(12-14)30-20(19(17)21(27)28-2)23-22(29)25-10-8-24(9-11-25)15-4-3-5-16(26)13-15/h3-5,13-14,26H,6-12H2,1-2H3,(H,23,29). The maximum absolute atomic E-state index is 12.5. The molecule has 0 saturated carbocycles. The molecule has 30 heavy (non-hydrogen) atoms. The third-order valence-corrected chi connectivity index (χ3v) is 7.41. The molecule has 1 fully saturated rings. The summed E-state index contributed by atoms with van der Waals surface area (Å²) in [5.74, 6) is 0.617. The number of hydrogen-bond acceptors (Lipinski definition) is 6. The number of methoxy groups -OCH3 is 1. The molecular formula is C22H27N3O3S2. The Labute approximate surface area is 186 Å². The highest BCUT2D eigenvalue weighted by molar-refractivity contribution is 7.80. The van der Waals surface area contributed by atoms with Crippen molar-refractivity contribution in [1.82, 2.24) is 4.90 Å². The number of nitrogens with one attached hydrogen (secondary N) is 1. The van der Waals surface area contributed by atoms with Crippen LogP contribution in [0.4, 0.5) is 10.7 Å². The maximum atomic E-state index is 12.5. The van der Waals surface area contributed by atoms with Gasteiger partial charge in [0.05, 0.1) is 12.7 Å². The largest absolute Gasteiger partial charge is 0.508 e. The smallest absolute Gasteiger partial charge is 0.341 e. The molecule has 2 heterocycles. The number of carbonyl (C=O) groups is 1. The second kappa shape index (κ2) is 8.81. The van der Waals surface area contributed by atoms with Gasteiger partial charge >= 0.3 is 5.97 Å². The summed E-state index contributed by atoms with van der Waals surface area (Å²) in [7, 11) is 1.43. The summed E-state index contributed by atoms with van der Waals surface area (Å²) < 4.78 is 5.07. The monoisotopic (exact) mass is 445 g/mol. The highest BCUT2D eigenvalue weighted by Crippen LogP contribution is 2.40. The Hall–Kier alpha value is -2.32. The molecule has 1 aromatic carbocycles. The van der Waals surface area contributed by atoms with Crippen LogP contribution in [0.1, 0.15) is 34.1 Å². The number of hydrogen-bond donors (Lipinski definition) is 2. The summed E-state index contributed by atoms with van der Waals surface area (Å²) >= 11 is 7.33. The molecule has 4 rings (SSSR count). The second-order valence-electron chi connectivity index (χ2n) is 7.97. The molecule has 1 atom stereocenters. The lowest BCUT2D eigenvalue weighted by Crippen LogP contribution is -2.50. The van der Waals surface area contributed by atoms with Gasteiger partial charge in [0, 0.05) is 42.8 Å². The van der Waals surface area contributed by atoms with Crippen LogP contribution in [0, 0.1) is 5.92 Å². The fourth-order valence-corrected chi connectivity index (χ4v) is 5.94. The molecule has 0 spiro atoms. The van der Waals surface area contributed by atoms with E-state index in [4.69, 9.17) is 17.0 Å². The van der Waals surface area contributed by atoms with Crippen LogP contribution in [0.25, 0.3) is 0 Å². The van der Waals surface area contributed by atoms with Crippen LogP contribution in [0.5, 0.6) is 5.75 Å². The quantitative estimate of drug-likeness (QED) is 0.549. The van der Waals surface area contributed by atoms with Crippen molar-refractivity contribution >= 4 is 45.3 Å². The molecule has 1 saturated heterocycles. The fourth-order valence-electron chi connectivity index (χ4n) is 4.19. The Kier molecular flexibility index (Phi) is 6.15. The number of fused-ring (bicyclic) bond motifs is 1. The van der Waals surface area contributed by atoms with Crippen molar-refractivity contribution in [1.29, 1.82) is 0 Å². The number of thiocarbonyl (C=S) groups is 1. The number of benzene rings is 1. The molecule has 1 unspecified atom stereocenters. The number of aromatic hydroxyl groups is 1. The van der Waals surface area contributed by atoms with E-state index in [1.165, 1.54) is 12.0 Å². The summed E-state index contributed by atoms with van der Waals surface area (Å²) in [6, 6.07) is 7.33. The number of nitrogens with zero attached hydrogens (tertiary/aromatic N) is 2. The maximum Gasteiger partial charge on any atom is 0.341 e. The lowest BCUT2D eigenvalue weighted by Gasteiger charge is -2.37. The van der Waals surface area contributed by atoms with Crippen LogP contribution in [-0.2, 0) is 17.6 Å². The number of carbonyl (C=O) groups excluding carboxylic acids is 1. The third-order valence-electron chi connectivity index (χ3n) is 5.88. The first-order valence-electron chi connectivity index (χ1n) is 10.3. The van der Waals surface area contributed by atoms with Gasteiger partial charge in [0.1, 0.15) is 10.8 Å². The van der Waals surface area contributed by atoms with Gasteiger partial charge in [-0.3, -0.25) is 0 Å². The first-order chi connectivity index (χ1) is 14.5. The summed E-state index contributed by atoms with van der Waals surface area (Å²) in [6.45, 7) is 5.43. The van der Waals surface area contributed by atoms with Crippen LogP contribution in [0.15, 0.2) is 24.3 Å². The van der Waals surface area contributed by atoms with Crippen molar-refractivity contribution in [3.05, 3.63) is 40.3 Å². The SMILES string of the molecule is COC(=O)c1c(NC(=S)N2CCN(c3cccc(O)c3)CC2)sc2c1CCC(C)C2. The van der Waals surface area contributed by atoms with Gasteiger partial charge in [-0.25, -0.2) is 4.79 Å². The van der Waals surface area contributed by atoms with Gasteiger partial charge in [0.15, 0.2) is 5.11 Å². The minimum Gasteiger partial charge on any atom is -0.508 e. The minimum atomic E-state index is -0.291. The third kappa shape index (κ3) is 4.25. The number of esters is 1. The number of thiophene rings is 1. The lowest BCUT2D eigenvalue weighted by molar-refractivity contribution is 0.0601. The number of phenolic OH excluding ortho intramolecular Hbond substituents is 1. The Morgan fingerprint density at radius 3 is 2.77 bits per heavy atom. The van der Waals surface area contributed by atoms with E-state index in [2.05, 4.69) is 22.0 Å². The number of ether oxygens (including phenoxy) is 1. The molecule has 8 heteroatoms. The molecule has 0 bridgehead atoms. The van der Waals surface area contributed by atoms with Crippen molar-refractivity contribution in [2.24, 2.45) is 5.92 Å². The Morgan fingerprint density at radius 2 is 2.07 bits per heavy atom. The van der Waals surface area contributed by atoms with Crippen molar-refractivity contribution < 1.29 is 14.6 Å². The first-order valence-corrected chi connectivity index (χ1v) is 11.5. The highest BCUT2D eigenvalue weighted by Gasteiger charge is 2.29. The minimum absolute atomic E-state index is 0.276. The molecule has 6 nitrogen and oxygen atoms in total. The van der Waals surface area contributed by atoms with Crippen LogP contribution in [0.3, 0.4) is 0 Å². The van der Waals surface area contributed by atoms with Gasteiger partial charge in [-0.1, -0.05) is 13.0 Å². The van der Waals surface area contributed by atoms with Crippen molar-refractivity contribution in [2.45, 2.75) is 26.2 Å². The van der Waals surface area contributed by atoms with Gasteiger partial charge in [-0.2, -0.15) is 0 Å². The van der Waals surface area contributed by atoms with Gasteiger partial charge < -0.3 is 25.0 Å². The molecule has 160 valence electrons. The van der Waals surface area contributed by atoms with Crippen molar-refractivity contribution in [3.8, 4) is 5.75 Å². The zero-order valence-corrected chi connectivity index (χ0v) is 18.9. The normalized spacial score (nSPS) is 18.7. The van der Waals surface area contributed by atoms with Crippen LogP contribution >= 0.6 is 23.6 Å². The van der Waals surface area contributed by atoms with Gasteiger partial charge in [0.25, 0.3) is 0 Å². The Balaban J connectivity index is 1.45. The lowest BCUT2D eigenvalue weighted by atomic mass is 9.88. The molecule has 1 aromatic heterocycles. The topological polar surface area (TPSA) is 65.0 Å². The van der Waals surface area contributed by atoms with E-state index in [0.717, 1.165) is 61.7 Å². The van der Waals surface area contributed by atoms with Crippen LogP contribution < -0.4 is 10.2 Å². The summed E-state index contributed by atoms with van der Waals surface area (Å²) in [5, 5.41) is 14.5. The molecule has 2 aliphatic rings. The number of piperazine rings is 1. The van der Waals surface area contributed by atoms with E-state index < -0.39 is 0 Å². The van der Waals surface area contributed by atoms with Gasteiger partial charge in [-0.05, 0) is 55.1 Å². The predicted octanol–water partition coefficient (Wildman–Crippen LogP) is 3.88. The molecule has 0 radical (unpaired) electrons. The van der Waals surface area contributed by atoms with E-state index >= 15 is 0 Å². The van der Waals surface area contributed by atoms with E-state index in [0.29, 0.717) is 16.6 Å². The fraction of sp³-hybridized carbons (Fsp3) is 0.455. The Morgan fingerprint density at radius 1 is 1.30 bits per heavy atom. The average Bonchev–Trinajstić information content (AvgIpc) is 3.10.